The summed E-state index contributed by atoms with van der Waals surface area (Å²) in [5.74, 6) is 1.96. The second-order valence-corrected chi connectivity index (χ2v) is 7.40. The highest BCUT2D eigenvalue weighted by atomic mass is 16.4. The van der Waals surface area contributed by atoms with E-state index < -0.39 is 5.97 Å². The molecule has 0 spiro atoms. The van der Waals surface area contributed by atoms with Crippen LogP contribution in [0.25, 0.3) is 0 Å². The van der Waals surface area contributed by atoms with Gasteiger partial charge in [-0.05, 0) is 61.7 Å². The molecule has 0 amide bonds. The van der Waals surface area contributed by atoms with Gasteiger partial charge in [-0.1, -0.05) is 5.21 Å². The van der Waals surface area contributed by atoms with Gasteiger partial charge in [0.05, 0.1) is 12.1 Å². The molecule has 1 heterocycles. The predicted octanol–water partition coefficient (Wildman–Crippen LogP) is 2.12. The molecule has 1 aromatic heterocycles. The van der Waals surface area contributed by atoms with Crippen LogP contribution in [-0.2, 0) is 17.8 Å². The Bertz CT molecular complexity index is 502. The van der Waals surface area contributed by atoms with Crippen molar-refractivity contribution in [3.05, 3.63) is 11.9 Å². The fourth-order valence-electron chi connectivity index (χ4n) is 5.48. The predicted molar refractivity (Wildman–Crippen MR) is 72.0 cm³/mol. The van der Waals surface area contributed by atoms with E-state index in [1.807, 2.05) is 10.9 Å². The maximum absolute atomic E-state index is 10.7. The van der Waals surface area contributed by atoms with E-state index in [0.29, 0.717) is 11.1 Å². The van der Waals surface area contributed by atoms with Gasteiger partial charge in [0, 0.05) is 12.7 Å². The van der Waals surface area contributed by atoms with Crippen molar-refractivity contribution in [3.8, 4) is 0 Å². The summed E-state index contributed by atoms with van der Waals surface area (Å²) < 4.78 is 1.89. The lowest BCUT2D eigenvalue weighted by Crippen LogP contribution is -2.48. The number of carboxylic acids is 1. The number of rotatable bonds is 4. The van der Waals surface area contributed by atoms with E-state index in [4.69, 9.17) is 5.11 Å². The van der Waals surface area contributed by atoms with Crippen LogP contribution in [0.4, 0.5) is 0 Å². The molecule has 0 aromatic carbocycles. The van der Waals surface area contributed by atoms with Crippen LogP contribution in [0.5, 0.6) is 0 Å². The van der Waals surface area contributed by atoms with E-state index in [1.54, 1.807) is 0 Å². The average Bonchev–Trinajstić information content (AvgIpc) is 2.72. The summed E-state index contributed by atoms with van der Waals surface area (Å²) in [6.45, 7) is 0.934. The van der Waals surface area contributed by atoms with Gasteiger partial charge in [0.2, 0.25) is 0 Å². The van der Waals surface area contributed by atoms with Crippen LogP contribution in [0.15, 0.2) is 6.20 Å². The van der Waals surface area contributed by atoms with E-state index in [-0.39, 0.29) is 6.42 Å². The number of hydrogen-bond donors (Lipinski definition) is 1. The Morgan fingerprint density at radius 1 is 1.25 bits per heavy atom. The molecule has 4 aliphatic rings. The van der Waals surface area contributed by atoms with Crippen LogP contribution in [-0.4, -0.2) is 26.1 Å². The van der Waals surface area contributed by atoms with Crippen LogP contribution < -0.4 is 0 Å². The molecule has 5 rings (SSSR count). The van der Waals surface area contributed by atoms with Crippen molar-refractivity contribution in [2.45, 2.75) is 51.5 Å². The maximum atomic E-state index is 10.7. The molecule has 108 valence electrons. The fraction of sp³-hybridized carbons (Fsp3) is 0.800. The highest BCUT2D eigenvalue weighted by Gasteiger charge is 2.51. The van der Waals surface area contributed by atoms with Gasteiger partial charge in [0.15, 0.2) is 0 Å². The summed E-state index contributed by atoms with van der Waals surface area (Å²) in [4.78, 5) is 10.7. The Morgan fingerprint density at radius 3 is 2.40 bits per heavy atom. The van der Waals surface area contributed by atoms with Gasteiger partial charge in [0.1, 0.15) is 0 Å². The van der Waals surface area contributed by atoms with Gasteiger partial charge in [0.25, 0.3) is 0 Å². The van der Waals surface area contributed by atoms with Gasteiger partial charge >= 0.3 is 5.97 Å². The molecule has 20 heavy (non-hydrogen) atoms. The Labute approximate surface area is 118 Å². The lowest BCUT2D eigenvalue weighted by atomic mass is 9.49. The molecule has 4 fully saturated rings. The zero-order chi connectivity index (χ0) is 13.7. The Morgan fingerprint density at radius 2 is 1.85 bits per heavy atom. The number of nitrogens with zero attached hydrogens (tertiary/aromatic N) is 3. The molecule has 5 heteroatoms. The minimum absolute atomic E-state index is 0.0269. The monoisotopic (exact) mass is 275 g/mol. The van der Waals surface area contributed by atoms with Crippen molar-refractivity contribution in [1.82, 2.24) is 15.0 Å². The molecule has 5 nitrogen and oxygen atoms in total. The first-order valence-electron chi connectivity index (χ1n) is 7.71. The Hall–Kier alpha value is -1.39. The van der Waals surface area contributed by atoms with Crippen LogP contribution in [0, 0.1) is 23.2 Å². The third kappa shape index (κ3) is 2.13. The smallest absolute Gasteiger partial charge is 0.309 e. The summed E-state index contributed by atoms with van der Waals surface area (Å²) in [5, 5.41) is 16.9. The lowest BCUT2D eigenvalue weighted by Gasteiger charge is -2.56. The van der Waals surface area contributed by atoms with Crippen molar-refractivity contribution in [3.63, 3.8) is 0 Å². The quantitative estimate of drug-likeness (QED) is 0.914. The molecule has 4 bridgehead atoms. The molecule has 1 aromatic rings. The van der Waals surface area contributed by atoms with Gasteiger partial charge in [-0.15, -0.1) is 5.10 Å². The standard InChI is InChI=1S/C15H21N3O2/c19-14(20)4-13-8-18(17-16-13)9-15-5-10-1-11(6-15)3-12(2-10)7-15/h8,10-12H,1-7,9H2,(H,19,20). The van der Waals surface area contributed by atoms with E-state index in [2.05, 4.69) is 10.3 Å². The molecule has 0 unspecified atom stereocenters. The van der Waals surface area contributed by atoms with Crippen LogP contribution in [0.3, 0.4) is 0 Å². The van der Waals surface area contributed by atoms with Gasteiger partial charge in [-0.3, -0.25) is 9.48 Å². The van der Waals surface area contributed by atoms with Gasteiger partial charge in [-0.2, -0.15) is 0 Å². The number of hydrogen-bond acceptors (Lipinski definition) is 3. The third-order valence-electron chi connectivity index (χ3n) is 5.58. The van der Waals surface area contributed by atoms with E-state index in [1.165, 1.54) is 38.5 Å². The highest BCUT2D eigenvalue weighted by molar-refractivity contribution is 5.69. The highest BCUT2D eigenvalue weighted by Crippen LogP contribution is 2.60. The Balaban J connectivity index is 1.51. The normalized spacial score (nSPS) is 38.3. The van der Waals surface area contributed by atoms with E-state index in [0.717, 1.165) is 24.3 Å². The van der Waals surface area contributed by atoms with Gasteiger partial charge < -0.3 is 5.11 Å². The van der Waals surface area contributed by atoms with E-state index in [9.17, 15) is 4.79 Å². The number of carboxylic acid groups (broad SMARTS) is 1. The topological polar surface area (TPSA) is 68.0 Å². The van der Waals surface area contributed by atoms with Crippen molar-refractivity contribution < 1.29 is 9.90 Å². The van der Waals surface area contributed by atoms with E-state index >= 15 is 0 Å². The zero-order valence-corrected chi connectivity index (χ0v) is 11.7. The van der Waals surface area contributed by atoms with Crippen molar-refractivity contribution in [2.24, 2.45) is 23.2 Å². The Kier molecular flexibility index (Phi) is 2.66. The first kappa shape index (κ1) is 12.4. The molecule has 0 aliphatic heterocycles. The molecule has 4 aliphatic carbocycles. The first-order valence-corrected chi connectivity index (χ1v) is 7.71. The van der Waals surface area contributed by atoms with Crippen molar-refractivity contribution in [1.29, 1.82) is 0 Å². The van der Waals surface area contributed by atoms with Crippen LogP contribution in [0.2, 0.25) is 0 Å². The second-order valence-electron chi connectivity index (χ2n) is 7.40. The fourth-order valence-corrected chi connectivity index (χ4v) is 5.48. The van der Waals surface area contributed by atoms with Crippen LogP contribution in [0.1, 0.15) is 44.2 Å². The molecule has 0 atom stereocenters. The SMILES string of the molecule is O=C(O)Cc1cn(CC23CC4CC(CC(C4)C2)C3)nn1. The number of carbonyl (C=O) groups is 1. The molecule has 0 saturated heterocycles. The second kappa shape index (κ2) is 4.30. The average molecular weight is 275 g/mol. The third-order valence-corrected chi connectivity index (χ3v) is 5.58. The molecular weight excluding hydrogens is 254 g/mol. The molecular formula is C15H21N3O2. The minimum atomic E-state index is -0.841. The first-order chi connectivity index (χ1) is 9.60. The summed E-state index contributed by atoms with van der Waals surface area (Å²) in [7, 11) is 0. The minimum Gasteiger partial charge on any atom is -0.481 e. The maximum Gasteiger partial charge on any atom is 0.309 e. The number of aromatic nitrogens is 3. The van der Waals surface area contributed by atoms with Crippen molar-refractivity contribution >= 4 is 5.97 Å². The number of aliphatic carboxylic acids is 1. The molecule has 4 saturated carbocycles. The zero-order valence-electron chi connectivity index (χ0n) is 11.7. The molecule has 1 N–H and O–H groups in total. The van der Waals surface area contributed by atoms with Gasteiger partial charge in [-0.25, -0.2) is 0 Å². The largest absolute Gasteiger partial charge is 0.481 e. The lowest BCUT2D eigenvalue weighted by molar-refractivity contribution is -0.136. The summed E-state index contributed by atoms with van der Waals surface area (Å²) in [5.41, 5.74) is 0.991. The van der Waals surface area contributed by atoms with Crippen molar-refractivity contribution in [2.75, 3.05) is 0 Å². The van der Waals surface area contributed by atoms with Crippen LogP contribution >= 0.6 is 0 Å². The summed E-state index contributed by atoms with van der Waals surface area (Å²) in [6.07, 6.45) is 10.2. The summed E-state index contributed by atoms with van der Waals surface area (Å²) in [6, 6.07) is 0. The molecule has 0 radical (unpaired) electrons. The summed E-state index contributed by atoms with van der Waals surface area (Å²) >= 11 is 0.